The van der Waals surface area contributed by atoms with Crippen LogP contribution in [0.25, 0.3) is 0 Å². The first-order valence-corrected chi connectivity index (χ1v) is 3.89. The van der Waals surface area contributed by atoms with Crippen LogP contribution in [0, 0.1) is 0 Å². The van der Waals surface area contributed by atoms with Gasteiger partial charge in [-0.15, -0.1) is 0 Å². The highest BCUT2D eigenvalue weighted by atomic mass is 16.3. The molecule has 0 heterocycles. The van der Waals surface area contributed by atoms with E-state index in [2.05, 4.69) is 6.58 Å². The van der Waals surface area contributed by atoms with E-state index in [-0.39, 0.29) is 12.5 Å². The number of carbonyl (C=O) groups excluding carboxylic acids is 1. The third-order valence-electron chi connectivity index (χ3n) is 1.42. The van der Waals surface area contributed by atoms with E-state index in [0.717, 1.165) is 0 Å². The molecule has 1 amide bonds. The molecule has 0 bridgehead atoms. The second-order valence-corrected chi connectivity index (χ2v) is 2.58. The first kappa shape index (κ1) is 11.1. The highest BCUT2D eigenvalue weighted by Crippen LogP contribution is 1.96. The van der Waals surface area contributed by atoms with E-state index < -0.39 is 0 Å². The van der Waals surface area contributed by atoms with Gasteiger partial charge in [0.05, 0.1) is 6.61 Å². The molecule has 0 aliphatic carbocycles. The molecule has 0 rings (SSSR count). The van der Waals surface area contributed by atoms with Crippen LogP contribution >= 0.6 is 0 Å². The molecule has 0 unspecified atom stereocenters. The maximum absolute atomic E-state index is 11.3. The summed E-state index contributed by atoms with van der Waals surface area (Å²) in [6.07, 6.45) is 0. The van der Waals surface area contributed by atoms with Gasteiger partial charge in [0, 0.05) is 25.2 Å². The van der Waals surface area contributed by atoms with Gasteiger partial charge in [-0.05, 0) is 6.92 Å². The second-order valence-electron chi connectivity index (χ2n) is 2.58. The minimum absolute atomic E-state index is 0.0426. The normalized spacial score (nSPS) is 9.58. The Morgan fingerprint density at radius 2 is 2.17 bits per heavy atom. The summed E-state index contributed by atoms with van der Waals surface area (Å²) in [6, 6.07) is 0. The first-order valence-electron chi connectivity index (χ1n) is 3.89. The zero-order valence-corrected chi connectivity index (χ0v) is 7.42. The van der Waals surface area contributed by atoms with Crippen molar-refractivity contribution in [3.63, 3.8) is 0 Å². The molecule has 0 aliphatic heterocycles. The summed E-state index contributed by atoms with van der Waals surface area (Å²) in [4.78, 5) is 12.8. The highest BCUT2D eigenvalue weighted by molar-refractivity contribution is 5.92. The lowest BCUT2D eigenvalue weighted by Crippen LogP contribution is -2.37. The van der Waals surface area contributed by atoms with Gasteiger partial charge in [-0.1, -0.05) is 6.58 Å². The fourth-order valence-electron chi connectivity index (χ4n) is 0.861. The van der Waals surface area contributed by atoms with Gasteiger partial charge in [-0.25, -0.2) is 0 Å². The number of hydrogen-bond donors (Lipinski definition) is 2. The monoisotopic (exact) mass is 172 g/mol. The number of amides is 1. The molecule has 0 fully saturated rings. The number of nitrogens with two attached hydrogens (primary N) is 1. The average Bonchev–Trinajstić information content (AvgIpc) is 2.03. The van der Waals surface area contributed by atoms with E-state index in [9.17, 15) is 4.79 Å². The van der Waals surface area contributed by atoms with Crippen LogP contribution in [-0.4, -0.2) is 42.2 Å². The van der Waals surface area contributed by atoms with Gasteiger partial charge in [0.25, 0.3) is 0 Å². The van der Waals surface area contributed by atoms with E-state index in [1.165, 1.54) is 4.90 Å². The molecule has 70 valence electrons. The number of rotatable bonds is 5. The van der Waals surface area contributed by atoms with Crippen molar-refractivity contribution in [3.05, 3.63) is 12.2 Å². The number of aliphatic hydroxyl groups excluding tert-OH is 1. The van der Waals surface area contributed by atoms with Crippen LogP contribution in [0.3, 0.4) is 0 Å². The molecule has 4 heteroatoms. The largest absolute Gasteiger partial charge is 0.395 e. The van der Waals surface area contributed by atoms with Crippen molar-refractivity contribution in [2.45, 2.75) is 6.92 Å². The van der Waals surface area contributed by atoms with E-state index in [4.69, 9.17) is 10.8 Å². The Morgan fingerprint density at radius 1 is 1.58 bits per heavy atom. The minimum atomic E-state index is -0.144. The molecule has 0 spiro atoms. The van der Waals surface area contributed by atoms with Crippen molar-refractivity contribution >= 4 is 5.91 Å². The van der Waals surface area contributed by atoms with Crippen LogP contribution in [0.4, 0.5) is 0 Å². The third kappa shape index (κ3) is 3.50. The van der Waals surface area contributed by atoms with Crippen molar-refractivity contribution in [1.82, 2.24) is 4.90 Å². The Balaban J connectivity index is 4.08. The standard InChI is InChI=1S/C8H16N2O2/c1-7(2)8(12)10(4-3-9)5-6-11/h11H,1,3-6,9H2,2H3. The zero-order valence-electron chi connectivity index (χ0n) is 7.42. The molecular formula is C8H16N2O2. The lowest BCUT2D eigenvalue weighted by molar-refractivity contribution is -0.127. The smallest absolute Gasteiger partial charge is 0.249 e. The molecule has 3 N–H and O–H groups in total. The molecule has 0 saturated carbocycles. The average molecular weight is 172 g/mol. The lowest BCUT2D eigenvalue weighted by atomic mass is 10.3. The van der Waals surface area contributed by atoms with E-state index in [1.54, 1.807) is 6.92 Å². The molecule has 4 nitrogen and oxygen atoms in total. The number of hydrogen-bond acceptors (Lipinski definition) is 3. The Bertz CT molecular complexity index is 162. The fraction of sp³-hybridized carbons (Fsp3) is 0.625. The Labute approximate surface area is 72.7 Å². The molecule has 0 aliphatic rings. The van der Waals surface area contributed by atoms with Crippen LogP contribution in [0.15, 0.2) is 12.2 Å². The third-order valence-corrected chi connectivity index (χ3v) is 1.42. The number of aliphatic hydroxyl groups is 1. The zero-order chi connectivity index (χ0) is 9.56. The molecule has 0 aromatic heterocycles. The topological polar surface area (TPSA) is 66.6 Å². The summed E-state index contributed by atoms with van der Waals surface area (Å²) in [6.45, 7) is 6.31. The maximum Gasteiger partial charge on any atom is 0.249 e. The van der Waals surface area contributed by atoms with Gasteiger partial charge >= 0.3 is 0 Å². The van der Waals surface area contributed by atoms with Crippen LogP contribution in [0.5, 0.6) is 0 Å². The Hall–Kier alpha value is -0.870. The van der Waals surface area contributed by atoms with E-state index >= 15 is 0 Å². The molecule has 0 saturated heterocycles. The Kier molecular flexibility index (Phi) is 5.32. The molecular weight excluding hydrogens is 156 g/mol. The van der Waals surface area contributed by atoms with E-state index in [1.807, 2.05) is 0 Å². The van der Waals surface area contributed by atoms with Crippen LogP contribution in [-0.2, 0) is 4.79 Å². The molecule has 0 aromatic rings. The maximum atomic E-state index is 11.3. The van der Waals surface area contributed by atoms with Crippen molar-refractivity contribution in [2.24, 2.45) is 5.73 Å². The minimum Gasteiger partial charge on any atom is -0.395 e. The molecule has 0 atom stereocenters. The summed E-state index contributed by atoms with van der Waals surface area (Å²) in [5.41, 5.74) is 5.76. The molecule has 12 heavy (non-hydrogen) atoms. The van der Waals surface area contributed by atoms with Crippen LogP contribution in [0.1, 0.15) is 6.92 Å². The van der Waals surface area contributed by atoms with Gasteiger partial charge in [0.1, 0.15) is 0 Å². The first-order chi connectivity index (χ1) is 5.63. The quantitative estimate of drug-likeness (QED) is 0.541. The second kappa shape index (κ2) is 5.74. The van der Waals surface area contributed by atoms with E-state index in [0.29, 0.717) is 25.2 Å². The van der Waals surface area contributed by atoms with Gasteiger partial charge < -0.3 is 15.7 Å². The summed E-state index contributed by atoms with van der Waals surface area (Å²) in [5.74, 6) is -0.144. The van der Waals surface area contributed by atoms with Crippen molar-refractivity contribution in [3.8, 4) is 0 Å². The van der Waals surface area contributed by atoms with Gasteiger partial charge in [-0.2, -0.15) is 0 Å². The SMILES string of the molecule is C=C(C)C(=O)N(CCN)CCO. The predicted octanol–water partition coefficient (Wildman–Crippen LogP) is -0.658. The van der Waals surface area contributed by atoms with Crippen molar-refractivity contribution < 1.29 is 9.90 Å². The summed E-state index contributed by atoms with van der Waals surface area (Å²) in [5, 5.41) is 8.63. The Morgan fingerprint density at radius 3 is 2.50 bits per heavy atom. The van der Waals surface area contributed by atoms with Crippen molar-refractivity contribution in [2.75, 3.05) is 26.2 Å². The lowest BCUT2D eigenvalue weighted by Gasteiger charge is -2.20. The van der Waals surface area contributed by atoms with Crippen molar-refractivity contribution in [1.29, 1.82) is 0 Å². The van der Waals surface area contributed by atoms with Crippen LogP contribution in [0.2, 0.25) is 0 Å². The van der Waals surface area contributed by atoms with Gasteiger partial charge in [0.2, 0.25) is 5.91 Å². The number of carbonyl (C=O) groups is 1. The summed E-state index contributed by atoms with van der Waals surface area (Å²) < 4.78 is 0. The fourth-order valence-corrected chi connectivity index (χ4v) is 0.861. The summed E-state index contributed by atoms with van der Waals surface area (Å²) in [7, 11) is 0. The molecule has 0 radical (unpaired) electrons. The number of nitrogens with zero attached hydrogens (tertiary/aromatic N) is 1. The van der Waals surface area contributed by atoms with Gasteiger partial charge in [-0.3, -0.25) is 4.79 Å². The molecule has 0 aromatic carbocycles. The van der Waals surface area contributed by atoms with Crippen LogP contribution < -0.4 is 5.73 Å². The summed E-state index contributed by atoms with van der Waals surface area (Å²) >= 11 is 0. The van der Waals surface area contributed by atoms with Gasteiger partial charge in [0.15, 0.2) is 0 Å². The predicted molar refractivity (Wildman–Crippen MR) is 47.5 cm³/mol. The highest BCUT2D eigenvalue weighted by Gasteiger charge is 2.11.